The van der Waals surface area contributed by atoms with Crippen molar-refractivity contribution in [2.75, 3.05) is 24.0 Å². The van der Waals surface area contributed by atoms with Crippen molar-refractivity contribution in [3.63, 3.8) is 0 Å². The topological polar surface area (TPSA) is 75.7 Å². The fraction of sp³-hybridized carbons (Fsp3) is 0.345. The Morgan fingerprint density at radius 2 is 1.58 bits per heavy atom. The lowest BCUT2D eigenvalue weighted by molar-refractivity contribution is -0.119. The SMILES string of the molecule is CCc1ccccc1N(CC(=O)NCCOc1ccccc1C(C)(C)C)S(=O)(=O)c1ccc(C)cc1. The molecule has 6 nitrogen and oxygen atoms in total. The number of nitrogens with zero attached hydrogens (tertiary/aromatic N) is 1. The van der Waals surface area contributed by atoms with E-state index in [-0.39, 0.29) is 30.0 Å². The number of benzene rings is 3. The first-order valence-corrected chi connectivity index (χ1v) is 13.6. The molecular formula is C29H36N2O4S. The van der Waals surface area contributed by atoms with Gasteiger partial charge in [-0.25, -0.2) is 8.42 Å². The van der Waals surface area contributed by atoms with Crippen LogP contribution in [0.15, 0.2) is 77.7 Å². The molecule has 0 radical (unpaired) electrons. The molecule has 192 valence electrons. The highest BCUT2D eigenvalue weighted by molar-refractivity contribution is 7.92. The normalized spacial score (nSPS) is 11.7. The largest absolute Gasteiger partial charge is 0.491 e. The summed E-state index contributed by atoms with van der Waals surface area (Å²) in [6, 6.07) is 21.8. The van der Waals surface area contributed by atoms with Crippen molar-refractivity contribution < 1.29 is 17.9 Å². The van der Waals surface area contributed by atoms with Crippen LogP contribution in [0, 0.1) is 6.92 Å². The van der Waals surface area contributed by atoms with E-state index in [2.05, 4.69) is 26.1 Å². The van der Waals surface area contributed by atoms with Crippen LogP contribution in [0.4, 0.5) is 5.69 Å². The minimum atomic E-state index is -3.95. The van der Waals surface area contributed by atoms with Crippen LogP contribution in [0.3, 0.4) is 0 Å². The number of carbonyl (C=O) groups excluding carboxylic acids is 1. The third-order valence-corrected chi connectivity index (χ3v) is 7.69. The molecule has 1 amide bonds. The maximum Gasteiger partial charge on any atom is 0.264 e. The summed E-state index contributed by atoms with van der Waals surface area (Å²) in [5.41, 5.74) is 3.33. The Morgan fingerprint density at radius 1 is 0.944 bits per heavy atom. The minimum absolute atomic E-state index is 0.0721. The number of carbonyl (C=O) groups is 1. The van der Waals surface area contributed by atoms with E-state index in [9.17, 15) is 13.2 Å². The molecule has 0 saturated heterocycles. The van der Waals surface area contributed by atoms with Crippen LogP contribution < -0.4 is 14.4 Å². The van der Waals surface area contributed by atoms with Gasteiger partial charge in [0.2, 0.25) is 5.91 Å². The Labute approximate surface area is 215 Å². The number of amides is 1. The van der Waals surface area contributed by atoms with Crippen molar-refractivity contribution in [2.45, 2.75) is 51.3 Å². The van der Waals surface area contributed by atoms with E-state index in [1.54, 1.807) is 36.4 Å². The molecule has 0 atom stereocenters. The molecule has 0 aliphatic carbocycles. The van der Waals surface area contributed by atoms with Gasteiger partial charge in [0.1, 0.15) is 18.9 Å². The van der Waals surface area contributed by atoms with E-state index in [4.69, 9.17) is 4.74 Å². The predicted molar refractivity (Wildman–Crippen MR) is 145 cm³/mol. The Bertz CT molecular complexity index is 1280. The zero-order chi connectivity index (χ0) is 26.3. The zero-order valence-corrected chi connectivity index (χ0v) is 22.6. The molecule has 3 aromatic rings. The second kappa shape index (κ2) is 11.6. The number of sulfonamides is 1. The number of rotatable bonds is 10. The fourth-order valence-electron chi connectivity index (χ4n) is 3.94. The maximum atomic E-state index is 13.6. The molecule has 0 saturated carbocycles. The molecule has 36 heavy (non-hydrogen) atoms. The third-order valence-electron chi connectivity index (χ3n) is 5.91. The van der Waals surface area contributed by atoms with Crippen LogP contribution >= 0.6 is 0 Å². The number of para-hydroxylation sites is 2. The first kappa shape index (κ1) is 27.3. The lowest BCUT2D eigenvalue weighted by atomic mass is 9.86. The summed E-state index contributed by atoms with van der Waals surface area (Å²) in [7, 11) is -3.95. The molecule has 0 fully saturated rings. The van der Waals surface area contributed by atoms with Crippen molar-refractivity contribution in [3.05, 3.63) is 89.5 Å². The average molecular weight is 509 g/mol. The van der Waals surface area contributed by atoms with Gasteiger partial charge in [0.25, 0.3) is 10.0 Å². The van der Waals surface area contributed by atoms with Crippen LogP contribution in [0.2, 0.25) is 0 Å². The van der Waals surface area contributed by atoms with Gasteiger partial charge in [-0.3, -0.25) is 9.10 Å². The van der Waals surface area contributed by atoms with Crippen molar-refractivity contribution in [3.8, 4) is 5.75 Å². The van der Waals surface area contributed by atoms with Gasteiger partial charge in [-0.1, -0.05) is 81.8 Å². The molecule has 1 N–H and O–H groups in total. The van der Waals surface area contributed by atoms with Gasteiger partial charge in [0.05, 0.1) is 17.1 Å². The number of ether oxygens (including phenoxy) is 1. The lowest BCUT2D eigenvalue weighted by Gasteiger charge is -2.26. The van der Waals surface area contributed by atoms with Crippen LogP contribution in [-0.2, 0) is 26.7 Å². The standard InChI is InChI=1S/C29H36N2O4S/c1-6-23-11-7-9-13-26(23)31(36(33,34)24-17-15-22(2)16-18-24)21-28(32)30-19-20-35-27-14-10-8-12-25(27)29(3,4)5/h7-18H,6,19-21H2,1-5H3,(H,30,32). The molecule has 0 unspecified atom stereocenters. The number of hydrogen-bond donors (Lipinski definition) is 1. The molecule has 0 heterocycles. The van der Waals surface area contributed by atoms with E-state index in [0.29, 0.717) is 12.1 Å². The van der Waals surface area contributed by atoms with Gasteiger partial charge >= 0.3 is 0 Å². The highest BCUT2D eigenvalue weighted by atomic mass is 32.2. The van der Waals surface area contributed by atoms with E-state index in [1.165, 1.54) is 4.31 Å². The summed E-state index contributed by atoms with van der Waals surface area (Å²) in [5.74, 6) is 0.379. The summed E-state index contributed by atoms with van der Waals surface area (Å²) in [5, 5.41) is 2.81. The van der Waals surface area contributed by atoms with Gasteiger partial charge in [-0.05, 0) is 54.2 Å². The number of nitrogens with one attached hydrogen (secondary N) is 1. The van der Waals surface area contributed by atoms with Gasteiger partial charge < -0.3 is 10.1 Å². The molecule has 0 aliphatic rings. The first-order chi connectivity index (χ1) is 17.0. The van der Waals surface area contributed by atoms with Crippen LogP contribution in [0.25, 0.3) is 0 Å². The Morgan fingerprint density at radius 3 is 2.25 bits per heavy atom. The number of hydrogen-bond acceptors (Lipinski definition) is 4. The van der Waals surface area contributed by atoms with E-state index in [0.717, 1.165) is 22.4 Å². The summed E-state index contributed by atoms with van der Waals surface area (Å²) in [4.78, 5) is 13.1. The molecule has 3 rings (SSSR count). The number of anilines is 1. The van der Waals surface area contributed by atoms with Crippen LogP contribution in [-0.4, -0.2) is 34.0 Å². The highest BCUT2D eigenvalue weighted by Crippen LogP contribution is 2.31. The van der Waals surface area contributed by atoms with Gasteiger partial charge in [0.15, 0.2) is 0 Å². The molecule has 0 aromatic heterocycles. The van der Waals surface area contributed by atoms with Crippen molar-refractivity contribution in [1.29, 1.82) is 0 Å². The minimum Gasteiger partial charge on any atom is -0.491 e. The molecule has 3 aromatic carbocycles. The lowest BCUT2D eigenvalue weighted by Crippen LogP contribution is -2.42. The molecular weight excluding hydrogens is 472 g/mol. The quantitative estimate of drug-likeness (QED) is 0.380. The highest BCUT2D eigenvalue weighted by Gasteiger charge is 2.28. The average Bonchev–Trinajstić information content (AvgIpc) is 2.85. The van der Waals surface area contributed by atoms with Crippen molar-refractivity contribution in [1.82, 2.24) is 5.32 Å². The Kier molecular flexibility index (Phi) is 8.79. The fourth-order valence-corrected chi connectivity index (χ4v) is 5.40. The second-order valence-electron chi connectivity index (χ2n) is 9.75. The summed E-state index contributed by atoms with van der Waals surface area (Å²) < 4.78 is 34.4. The van der Waals surface area contributed by atoms with E-state index < -0.39 is 15.9 Å². The van der Waals surface area contributed by atoms with Crippen molar-refractivity contribution >= 4 is 21.6 Å². The predicted octanol–water partition coefficient (Wildman–Crippen LogP) is 5.25. The monoisotopic (exact) mass is 508 g/mol. The first-order valence-electron chi connectivity index (χ1n) is 12.2. The van der Waals surface area contributed by atoms with Crippen LogP contribution in [0.1, 0.15) is 44.4 Å². The zero-order valence-electron chi connectivity index (χ0n) is 21.7. The molecule has 7 heteroatoms. The smallest absolute Gasteiger partial charge is 0.264 e. The van der Waals surface area contributed by atoms with Crippen LogP contribution in [0.5, 0.6) is 5.75 Å². The van der Waals surface area contributed by atoms with E-state index >= 15 is 0 Å². The van der Waals surface area contributed by atoms with Gasteiger partial charge in [-0.2, -0.15) is 0 Å². The molecule has 0 aliphatic heterocycles. The maximum absolute atomic E-state index is 13.6. The molecule has 0 spiro atoms. The van der Waals surface area contributed by atoms with Gasteiger partial charge in [-0.15, -0.1) is 0 Å². The van der Waals surface area contributed by atoms with Gasteiger partial charge in [0, 0.05) is 0 Å². The second-order valence-corrected chi connectivity index (χ2v) is 11.6. The van der Waals surface area contributed by atoms with E-state index in [1.807, 2.05) is 50.2 Å². The summed E-state index contributed by atoms with van der Waals surface area (Å²) >= 11 is 0. The number of aryl methyl sites for hydroxylation is 2. The Hall–Kier alpha value is -3.32. The summed E-state index contributed by atoms with van der Waals surface area (Å²) in [6.07, 6.45) is 0.638. The summed E-state index contributed by atoms with van der Waals surface area (Å²) in [6.45, 7) is 10.4. The molecule has 0 bridgehead atoms. The third kappa shape index (κ3) is 6.66. The Balaban J connectivity index is 1.74. The van der Waals surface area contributed by atoms with Crippen molar-refractivity contribution in [2.24, 2.45) is 0 Å².